The Hall–Kier alpha value is -1.44. The van der Waals surface area contributed by atoms with Crippen LogP contribution < -0.4 is 4.90 Å². The van der Waals surface area contributed by atoms with Crippen LogP contribution in [0.25, 0.3) is 0 Å². The van der Waals surface area contributed by atoms with Crippen LogP contribution >= 0.6 is 0 Å². The lowest BCUT2D eigenvalue weighted by Crippen LogP contribution is -2.33. The van der Waals surface area contributed by atoms with Crippen molar-refractivity contribution in [2.45, 2.75) is 26.4 Å². The van der Waals surface area contributed by atoms with Gasteiger partial charge in [0.05, 0.1) is 0 Å². The average Bonchev–Trinajstić information content (AvgIpc) is 2.60. The fourth-order valence-electron chi connectivity index (χ4n) is 1.97. The summed E-state index contributed by atoms with van der Waals surface area (Å²) in [4.78, 5) is 4.53. The zero-order valence-corrected chi connectivity index (χ0v) is 9.64. The molecule has 2 nitrogen and oxygen atoms in total. The molecule has 0 spiro atoms. The summed E-state index contributed by atoms with van der Waals surface area (Å²) >= 11 is 0. The van der Waals surface area contributed by atoms with Crippen molar-refractivity contribution in [3.8, 4) is 0 Å². The summed E-state index contributed by atoms with van der Waals surface area (Å²) in [6.07, 6.45) is 5.77. The molecule has 80 valence electrons. The third kappa shape index (κ3) is 1.72. The predicted molar refractivity (Wildman–Crippen MR) is 64.7 cm³/mol. The Morgan fingerprint density at radius 2 is 1.93 bits per heavy atom. The van der Waals surface area contributed by atoms with Gasteiger partial charge in [-0.15, -0.1) is 0 Å². The minimum Gasteiger partial charge on any atom is -0.359 e. The molecule has 1 aliphatic rings. The molecule has 0 saturated carbocycles. The van der Waals surface area contributed by atoms with E-state index >= 15 is 0 Å². The Bertz CT molecular complexity index is 371. The van der Waals surface area contributed by atoms with Crippen molar-refractivity contribution in [3.63, 3.8) is 0 Å². The highest BCUT2D eigenvalue weighted by molar-refractivity contribution is 5.57. The highest BCUT2D eigenvalue weighted by Crippen LogP contribution is 2.27. The topological polar surface area (TPSA) is 6.48 Å². The van der Waals surface area contributed by atoms with Crippen LogP contribution in [-0.4, -0.2) is 18.1 Å². The van der Waals surface area contributed by atoms with Crippen molar-refractivity contribution < 1.29 is 0 Å². The number of hydrogen-bond acceptors (Lipinski definition) is 2. The Balaban J connectivity index is 2.34. The van der Waals surface area contributed by atoms with E-state index in [2.05, 4.69) is 67.4 Å². The molecule has 1 aromatic rings. The van der Waals surface area contributed by atoms with Crippen molar-refractivity contribution in [1.29, 1.82) is 0 Å². The van der Waals surface area contributed by atoms with Gasteiger partial charge in [0.2, 0.25) is 0 Å². The van der Waals surface area contributed by atoms with E-state index in [1.807, 2.05) is 0 Å². The molecule has 0 fully saturated rings. The zero-order valence-electron chi connectivity index (χ0n) is 9.64. The largest absolute Gasteiger partial charge is 0.359 e. The molecule has 0 saturated heterocycles. The molecule has 0 N–H and O–H groups in total. The maximum atomic E-state index is 2.32. The molecule has 1 heterocycles. The van der Waals surface area contributed by atoms with Crippen LogP contribution in [0.15, 0.2) is 36.7 Å². The fraction of sp³-hybridized carbons (Fsp3) is 0.385. The zero-order chi connectivity index (χ0) is 10.8. The first-order chi connectivity index (χ1) is 7.24. The van der Waals surface area contributed by atoms with E-state index in [9.17, 15) is 0 Å². The van der Waals surface area contributed by atoms with Crippen molar-refractivity contribution in [2.24, 2.45) is 0 Å². The highest BCUT2D eigenvalue weighted by Gasteiger charge is 2.21. The van der Waals surface area contributed by atoms with Gasteiger partial charge >= 0.3 is 0 Å². The van der Waals surface area contributed by atoms with Crippen LogP contribution in [-0.2, 0) is 6.42 Å². The normalized spacial score (nSPS) is 20.1. The summed E-state index contributed by atoms with van der Waals surface area (Å²) < 4.78 is 0. The highest BCUT2D eigenvalue weighted by atomic mass is 15.4. The summed E-state index contributed by atoms with van der Waals surface area (Å²) in [5.41, 5.74) is 2.73. The minimum absolute atomic E-state index is 0.415. The fourth-order valence-corrected chi connectivity index (χ4v) is 1.97. The molecule has 1 aliphatic heterocycles. The van der Waals surface area contributed by atoms with Crippen molar-refractivity contribution >= 4 is 5.69 Å². The van der Waals surface area contributed by atoms with Gasteiger partial charge in [-0.1, -0.05) is 25.1 Å². The minimum atomic E-state index is 0.415. The van der Waals surface area contributed by atoms with Gasteiger partial charge in [-0.05, 0) is 25.0 Å². The lowest BCUT2D eigenvalue weighted by molar-refractivity contribution is 0.383. The number of nitrogens with zero attached hydrogens (tertiary/aromatic N) is 2. The van der Waals surface area contributed by atoms with Crippen LogP contribution in [0, 0.1) is 0 Å². The lowest BCUT2D eigenvalue weighted by atomic mass is 10.1. The van der Waals surface area contributed by atoms with Gasteiger partial charge < -0.3 is 9.80 Å². The molecule has 0 aromatic heterocycles. The Morgan fingerprint density at radius 1 is 1.20 bits per heavy atom. The molecule has 0 aliphatic carbocycles. The molecule has 2 rings (SSSR count). The van der Waals surface area contributed by atoms with Gasteiger partial charge in [0.25, 0.3) is 0 Å². The van der Waals surface area contributed by atoms with Gasteiger partial charge in [0.15, 0.2) is 0 Å². The van der Waals surface area contributed by atoms with E-state index in [0.29, 0.717) is 6.17 Å². The molecule has 0 radical (unpaired) electrons. The van der Waals surface area contributed by atoms with Gasteiger partial charge in [0, 0.05) is 25.1 Å². The van der Waals surface area contributed by atoms with E-state index in [-0.39, 0.29) is 0 Å². The van der Waals surface area contributed by atoms with Crippen molar-refractivity contribution in [1.82, 2.24) is 4.90 Å². The number of aryl methyl sites for hydroxylation is 1. The number of hydrogen-bond donors (Lipinski definition) is 0. The smallest absolute Gasteiger partial charge is 0.102 e. The number of anilines is 1. The number of benzene rings is 1. The predicted octanol–water partition coefficient (Wildman–Crippen LogP) is 2.82. The van der Waals surface area contributed by atoms with E-state index in [1.165, 1.54) is 11.3 Å². The molecule has 2 heteroatoms. The van der Waals surface area contributed by atoms with E-state index in [1.54, 1.807) is 0 Å². The van der Waals surface area contributed by atoms with Gasteiger partial charge in [-0.2, -0.15) is 0 Å². The van der Waals surface area contributed by atoms with Crippen LogP contribution in [0.3, 0.4) is 0 Å². The maximum Gasteiger partial charge on any atom is 0.102 e. The summed E-state index contributed by atoms with van der Waals surface area (Å²) in [5, 5.41) is 0. The number of para-hydroxylation sites is 1. The average molecular weight is 202 g/mol. The van der Waals surface area contributed by atoms with Crippen molar-refractivity contribution in [2.75, 3.05) is 11.9 Å². The molecule has 1 aromatic carbocycles. The van der Waals surface area contributed by atoms with Gasteiger partial charge in [0.1, 0.15) is 6.17 Å². The maximum absolute atomic E-state index is 2.32. The lowest BCUT2D eigenvalue weighted by Gasteiger charge is -2.28. The van der Waals surface area contributed by atoms with Gasteiger partial charge in [-0.3, -0.25) is 0 Å². The Kier molecular flexibility index (Phi) is 2.67. The number of rotatable bonds is 2. The molecular weight excluding hydrogens is 184 g/mol. The first-order valence-corrected chi connectivity index (χ1v) is 5.50. The SMILES string of the molecule is CCc1ccccc1N1C=CN(C)[C@@H]1C. The van der Waals surface area contributed by atoms with Crippen LogP contribution in [0.5, 0.6) is 0 Å². The van der Waals surface area contributed by atoms with Gasteiger partial charge in [-0.25, -0.2) is 0 Å². The van der Waals surface area contributed by atoms with E-state index in [0.717, 1.165) is 6.42 Å². The van der Waals surface area contributed by atoms with Crippen LogP contribution in [0.2, 0.25) is 0 Å². The van der Waals surface area contributed by atoms with Crippen LogP contribution in [0.1, 0.15) is 19.4 Å². The van der Waals surface area contributed by atoms with E-state index < -0.39 is 0 Å². The molecule has 0 unspecified atom stereocenters. The monoisotopic (exact) mass is 202 g/mol. The third-order valence-electron chi connectivity index (χ3n) is 3.11. The first kappa shape index (κ1) is 10.1. The van der Waals surface area contributed by atoms with Crippen molar-refractivity contribution in [3.05, 3.63) is 42.2 Å². The Morgan fingerprint density at radius 3 is 2.53 bits per heavy atom. The summed E-state index contributed by atoms with van der Waals surface area (Å²) in [6, 6.07) is 8.61. The summed E-state index contributed by atoms with van der Waals surface area (Å²) in [7, 11) is 2.11. The summed E-state index contributed by atoms with van der Waals surface area (Å²) in [5.74, 6) is 0. The third-order valence-corrected chi connectivity index (χ3v) is 3.11. The standard InChI is InChI=1S/C13H18N2/c1-4-12-7-5-6-8-13(12)15-10-9-14(3)11(15)2/h5-11H,4H2,1-3H3/t11-/m0/s1. The second-order valence-electron chi connectivity index (χ2n) is 3.99. The Labute approximate surface area is 91.8 Å². The molecule has 1 atom stereocenters. The molecule has 0 amide bonds. The summed E-state index contributed by atoms with van der Waals surface area (Å²) in [6.45, 7) is 4.42. The van der Waals surface area contributed by atoms with E-state index in [4.69, 9.17) is 0 Å². The first-order valence-electron chi connectivity index (χ1n) is 5.50. The second kappa shape index (κ2) is 3.97. The van der Waals surface area contributed by atoms with Crippen LogP contribution in [0.4, 0.5) is 5.69 Å². The second-order valence-corrected chi connectivity index (χ2v) is 3.99. The molecule has 0 bridgehead atoms. The quantitative estimate of drug-likeness (QED) is 0.727. The molecule has 15 heavy (non-hydrogen) atoms. The molecular formula is C13H18N2.